The molecule has 2 rings (SSSR count). The first kappa shape index (κ1) is 12.4. The predicted octanol–water partition coefficient (Wildman–Crippen LogP) is 1.50. The van der Waals surface area contributed by atoms with Crippen molar-refractivity contribution in [2.75, 3.05) is 18.4 Å². The van der Waals surface area contributed by atoms with Gasteiger partial charge in [0.05, 0.1) is 0 Å². The van der Waals surface area contributed by atoms with Crippen LogP contribution in [0.5, 0.6) is 0 Å². The van der Waals surface area contributed by atoms with Crippen LogP contribution in [-0.2, 0) is 4.79 Å². The fraction of sp³-hybridized carbons (Fsp3) is 0.727. The van der Waals surface area contributed by atoms with Crippen molar-refractivity contribution in [3.8, 4) is 0 Å². The van der Waals surface area contributed by atoms with E-state index in [4.69, 9.17) is 0 Å². The van der Waals surface area contributed by atoms with Crippen LogP contribution in [0.25, 0.3) is 0 Å². The van der Waals surface area contributed by atoms with E-state index >= 15 is 0 Å². The van der Waals surface area contributed by atoms with E-state index in [1.54, 1.807) is 5.51 Å². The van der Waals surface area contributed by atoms with Gasteiger partial charge in [0.1, 0.15) is 5.51 Å². The van der Waals surface area contributed by atoms with E-state index in [9.17, 15) is 4.79 Å². The summed E-state index contributed by atoms with van der Waals surface area (Å²) in [4.78, 5) is 11.8. The van der Waals surface area contributed by atoms with E-state index in [0.717, 1.165) is 13.1 Å². The Bertz CT molecular complexity index is 348. The molecule has 1 fully saturated rings. The normalized spacial score (nSPS) is 18.9. The van der Waals surface area contributed by atoms with Crippen molar-refractivity contribution in [1.82, 2.24) is 15.5 Å². The second kappa shape index (κ2) is 6.07. The summed E-state index contributed by atoms with van der Waals surface area (Å²) >= 11 is 1.35. The van der Waals surface area contributed by atoms with Gasteiger partial charge in [-0.2, -0.15) is 0 Å². The topological polar surface area (TPSA) is 66.9 Å². The molecular formula is C11H18N4OS. The van der Waals surface area contributed by atoms with Crippen molar-refractivity contribution >= 4 is 22.4 Å². The Morgan fingerprint density at radius 1 is 1.65 bits per heavy atom. The quantitative estimate of drug-likeness (QED) is 0.854. The fourth-order valence-electron chi connectivity index (χ4n) is 2.27. The SMILES string of the molecule is CC(CC(=O)Nc1nncs1)C1CCNCC1. The first-order valence-corrected chi connectivity index (χ1v) is 6.90. The highest BCUT2D eigenvalue weighted by Crippen LogP contribution is 2.24. The van der Waals surface area contributed by atoms with E-state index in [2.05, 4.69) is 27.8 Å². The van der Waals surface area contributed by atoms with Gasteiger partial charge < -0.3 is 10.6 Å². The minimum atomic E-state index is 0.0489. The third-order valence-corrected chi connectivity index (χ3v) is 3.91. The molecule has 0 bridgehead atoms. The summed E-state index contributed by atoms with van der Waals surface area (Å²) < 4.78 is 0. The van der Waals surface area contributed by atoms with Crippen LogP contribution < -0.4 is 10.6 Å². The molecule has 0 saturated carbocycles. The van der Waals surface area contributed by atoms with Crippen molar-refractivity contribution < 1.29 is 4.79 Å². The highest BCUT2D eigenvalue weighted by molar-refractivity contribution is 7.13. The molecule has 94 valence electrons. The number of hydrogen-bond donors (Lipinski definition) is 2. The molecule has 17 heavy (non-hydrogen) atoms. The lowest BCUT2D eigenvalue weighted by molar-refractivity contribution is -0.117. The first-order valence-electron chi connectivity index (χ1n) is 6.02. The maximum atomic E-state index is 11.8. The number of aromatic nitrogens is 2. The molecule has 1 unspecified atom stereocenters. The van der Waals surface area contributed by atoms with Crippen LogP contribution in [0.2, 0.25) is 0 Å². The number of hydrogen-bond acceptors (Lipinski definition) is 5. The van der Waals surface area contributed by atoms with Crippen LogP contribution in [-0.4, -0.2) is 29.2 Å². The van der Waals surface area contributed by atoms with Crippen LogP contribution in [0.3, 0.4) is 0 Å². The molecule has 1 amide bonds. The zero-order chi connectivity index (χ0) is 12.1. The van der Waals surface area contributed by atoms with Gasteiger partial charge in [-0.05, 0) is 37.8 Å². The fourth-order valence-corrected chi connectivity index (χ4v) is 2.73. The summed E-state index contributed by atoms with van der Waals surface area (Å²) in [7, 11) is 0. The average molecular weight is 254 g/mol. The summed E-state index contributed by atoms with van der Waals surface area (Å²) in [5, 5.41) is 14.2. The molecule has 1 aromatic rings. The number of nitrogens with one attached hydrogen (secondary N) is 2. The number of nitrogens with zero attached hydrogens (tertiary/aromatic N) is 2. The largest absolute Gasteiger partial charge is 0.317 e. The standard InChI is InChI=1S/C11H18N4OS/c1-8(9-2-4-12-5-3-9)6-10(16)14-11-15-13-7-17-11/h7-9,12H,2-6H2,1H3,(H,14,15,16). The minimum absolute atomic E-state index is 0.0489. The van der Waals surface area contributed by atoms with Crippen molar-refractivity contribution in [3.05, 3.63) is 5.51 Å². The summed E-state index contributed by atoms with van der Waals surface area (Å²) in [5.74, 6) is 1.15. The third kappa shape index (κ3) is 3.74. The van der Waals surface area contributed by atoms with Gasteiger partial charge >= 0.3 is 0 Å². The van der Waals surface area contributed by atoms with Gasteiger partial charge in [0, 0.05) is 6.42 Å². The predicted molar refractivity (Wildman–Crippen MR) is 67.9 cm³/mol. The molecule has 2 N–H and O–H groups in total. The van der Waals surface area contributed by atoms with E-state index < -0.39 is 0 Å². The minimum Gasteiger partial charge on any atom is -0.317 e. The molecule has 1 aromatic heterocycles. The third-order valence-electron chi connectivity index (χ3n) is 3.30. The monoisotopic (exact) mass is 254 g/mol. The van der Waals surface area contributed by atoms with Crippen molar-refractivity contribution in [1.29, 1.82) is 0 Å². The van der Waals surface area contributed by atoms with Crippen molar-refractivity contribution in [2.45, 2.75) is 26.2 Å². The molecule has 0 spiro atoms. The molecular weight excluding hydrogens is 236 g/mol. The lowest BCUT2D eigenvalue weighted by Gasteiger charge is -2.27. The Morgan fingerprint density at radius 3 is 3.06 bits per heavy atom. The number of anilines is 1. The highest BCUT2D eigenvalue weighted by Gasteiger charge is 2.22. The first-order chi connectivity index (χ1) is 8.25. The second-order valence-electron chi connectivity index (χ2n) is 4.56. The molecule has 6 heteroatoms. The van der Waals surface area contributed by atoms with E-state index in [-0.39, 0.29) is 5.91 Å². The zero-order valence-electron chi connectivity index (χ0n) is 9.98. The van der Waals surface area contributed by atoms with E-state index in [1.807, 2.05) is 0 Å². The zero-order valence-corrected chi connectivity index (χ0v) is 10.8. The smallest absolute Gasteiger partial charge is 0.226 e. The molecule has 1 aliphatic rings. The molecule has 1 saturated heterocycles. The van der Waals surface area contributed by atoms with Gasteiger partial charge in [-0.3, -0.25) is 4.79 Å². The van der Waals surface area contributed by atoms with Gasteiger partial charge in [0.2, 0.25) is 11.0 Å². The van der Waals surface area contributed by atoms with Gasteiger partial charge in [-0.15, -0.1) is 10.2 Å². The molecule has 2 heterocycles. The Balaban J connectivity index is 1.77. The van der Waals surface area contributed by atoms with Crippen LogP contribution >= 0.6 is 11.3 Å². The Hall–Kier alpha value is -1.01. The molecule has 1 aliphatic heterocycles. The maximum absolute atomic E-state index is 11.8. The molecule has 0 radical (unpaired) electrons. The lowest BCUT2D eigenvalue weighted by atomic mass is 9.84. The van der Waals surface area contributed by atoms with Gasteiger partial charge in [-0.1, -0.05) is 18.3 Å². The van der Waals surface area contributed by atoms with Crippen molar-refractivity contribution in [3.63, 3.8) is 0 Å². The number of rotatable bonds is 4. The Kier molecular flexibility index (Phi) is 4.44. The second-order valence-corrected chi connectivity index (χ2v) is 5.39. The molecule has 0 aromatic carbocycles. The Morgan fingerprint density at radius 2 is 2.41 bits per heavy atom. The average Bonchev–Trinajstić information content (AvgIpc) is 2.82. The van der Waals surface area contributed by atoms with Crippen molar-refractivity contribution in [2.24, 2.45) is 11.8 Å². The summed E-state index contributed by atoms with van der Waals surface area (Å²) in [6, 6.07) is 0. The van der Waals surface area contributed by atoms with Crippen LogP contribution in [0, 0.1) is 11.8 Å². The highest BCUT2D eigenvalue weighted by atomic mass is 32.1. The van der Waals surface area contributed by atoms with E-state index in [0.29, 0.717) is 23.4 Å². The van der Waals surface area contributed by atoms with Crippen LogP contribution in [0.4, 0.5) is 5.13 Å². The van der Waals surface area contributed by atoms with Crippen LogP contribution in [0.1, 0.15) is 26.2 Å². The molecule has 0 aliphatic carbocycles. The van der Waals surface area contributed by atoms with Crippen LogP contribution in [0.15, 0.2) is 5.51 Å². The lowest BCUT2D eigenvalue weighted by Crippen LogP contribution is -2.32. The maximum Gasteiger partial charge on any atom is 0.226 e. The molecule has 5 nitrogen and oxygen atoms in total. The van der Waals surface area contributed by atoms with Gasteiger partial charge in [0.15, 0.2) is 0 Å². The Labute approximate surface area is 105 Å². The molecule has 1 atom stereocenters. The van der Waals surface area contributed by atoms with E-state index in [1.165, 1.54) is 24.2 Å². The summed E-state index contributed by atoms with van der Waals surface area (Å²) in [6.07, 6.45) is 2.92. The number of carbonyl (C=O) groups excluding carboxylic acids is 1. The van der Waals surface area contributed by atoms with Gasteiger partial charge in [-0.25, -0.2) is 0 Å². The number of carbonyl (C=O) groups is 1. The number of amides is 1. The summed E-state index contributed by atoms with van der Waals surface area (Å²) in [5.41, 5.74) is 1.62. The summed E-state index contributed by atoms with van der Waals surface area (Å²) in [6.45, 7) is 4.32. The van der Waals surface area contributed by atoms with Gasteiger partial charge in [0.25, 0.3) is 0 Å². The number of piperidine rings is 1.